The third-order valence-corrected chi connectivity index (χ3v) is 6.73. The van der Waals surface area contributed by atoms with Gasteiger partial charge in [0.1, 0.15) is 0 Å². The lowest BCUT2D eigenvalue weighted by Crippen LogP contribution is -2.54. The van der Waals surface area contributed by atoms with E-state index in [0.29, 0.717) is 13.2 Å². The van der Waals surface area contributed by atoms with E-state index in [1.165, 1.54) is 11.1 Å². The molecule has 0 aromatic heterocycles. The molecule has 2 aliphatic carbocycles. The van der Waals surface area contributed by atoms with E-state index in [1.807, 2.05) is 55.4 Å². The summed E-state index contributed by atoms with van der Waals surface area (Å²) in [5.41, 5.74) is 0.428. The minimum absolute atomic E-state index is 0.0298. The van der Waals surface area contributed by atoms with Gasteiger partial charge in [0, 0.05) is 0 Å². The molecule has 4 heteroatoms. The van der Waals surface area contributed by atoms with Crippen molar-refractivity contribution in [2.24, 2.45) is 33.5 Å². The summed E-state index contributed by atoms with van der Waals surface area (Å²) >= 11 is 0. The second-order valence-corrected chi connectivity index (χ2v) is 11.4. The van der Waals surface area contributed by atoms with Crippen LogP contribution in [0.1, 0.15) is 75.7 Å². The molecule has 1 fully saturated rings. The molecule has 0 aliphatic heterocycles. The topological polar surface area (TPSA) is 52.6 Å². The van der Waals surface area contributed by atoms with Crippen LogP contribution in [0.25, 0.3) is 0 Å². The maximum atomic E-state index is 13.3. The Balaban J connectivity index is 2.40. The lowest BCUT2D eigenvalue weighted by Gasteiger charge is -2.46. The number of rotatable bonds is 4. The number of carbonyl (C=O) groups excluding carboxylic acids is 2. The number of hydrogen-bond acceptors (Lipinski definition) is 4. The first kappa shape index (κ1) is 22.0. The Bertz CT molecular complexity index is 605. The number of hydrogen-bond donors (Lipinski definition) is 0. The second-order valence-electron chi connectivity index (χ2n) is 11.4. The van der Waals surface area contributed by atoms with Crippen molar-refractivity contribution in [1.82, 2.24) is 0 Å². The summed E-state index contributed by atoms with van der Waals surface area (Å²) in [6.45, 7) is 20.9. The summed E-state index contributed by atoms with van der Waals surface area (Å²) in [6.07, 6.45) is 0.819. The van der Waals surface area contributed by atoms with Crippen molar-refractivity contribution in [3.8, 4) is 0 Å². The molecule has 0 aromatic rings. The van der Waals surface area contributed by atoms with Crippen LogP contribution in [0, 0.1) is 33.5 Å². The Hall–Kier alpha value is -1.32. The van der Waals surface area contributed by atoms with Gasteiger partial charge in [-0.25, -0.2) is 0 Å². The van der Waals surface area contributed by atoms with Crippen molar-refractivity contribution < 1.29 is 19.1 Å². The number of esters is 2. The predicted octanol–water partition coefficient (Wildman–Crippen LogP) is 5.16. The standard InChI is InChI=1S/C23H38O4/c1-14-15(2)17-11-16(14)22(9,18(24)26-12-20(3,4)5)23(17,10)19(25)27-13-21(6,7)8/h16-17H,11-13H2,1-10H3. The molecular weight excluding hydrogens is 340 g/mol. The summed E-state index contributed by atoms with van der Waals surface area (Å²) in [6, 6.07) is 0. The molecule has 1 saturated carbocycles. The highest BCUT2D eigenvalue weighted by Crippen LogP contribution is 2.68. The van der Waals surface area contributed by atoms with Gasteiger partial charge in [0.05, 0.1) is 24.0 Å². The number of ether oxygens (including phenoxy) is 2. The van der Waals surface area contributed by atoms with Crippen molar-refractivity contribution in [2.45, 2.75) is 75.7 Å². The Morgan fingerprint density at radius 1 is 0.815 bits per heavy atom. The Morgan fingerprint density at radius 2 is 1.11 bits per heavy atom. The average molecular weight is 379 g/mol. The van der Waals surface area contributed by atoms with Gasteiger partial charge < -0.3 is 9.47 Å². The van der Waals surface area contributed by atoms with Gasteiger partial charge in [0.25, 0.3) is 0 Å². The molecule has 0 N–H and O–H groups in total. The molecule has 2 aliphatic rings. The van der Waals surface area contributed by atoms with Gasteiger partial charge in [-0.1, -0.05) is 52.7 Å². The molecule has 0 spiro atoms. The van der Waals surface area contributed by atoms with Gasteiger partial charge in [-0.05, 0) is 56.8 Å². The highest BCUT2D eigenvalue weighted by molar-refractivity contribution is 5.91. The maximum absolute atomic E-state index is 13.3. The first-order valence-electron chi connectivity index (χ1n) is 10.1. The van der Waals surface area contributed by atoms with Crippen LogP contribution < -0.4 is 0 Å². The lowest BCUT2D eigenvalue weighted by atomic mass is 9.56. The first-order valence-corrected chi connectivity index (χ1v) is 10.1. The fraction of sp³-hybridized carbons (Fsp3) is 0.826. The van der Waals surface area contributed by atoms with E-state index in [4.69, 9.17) is 9.47 Å². The third-order valence-electron chi connectivity index (χ3n) is 6.73. The average Bonchev–Trinajstić information content (AvgIpc) is 2.95. The molecule has 4 atom stereocenters. The zero-order valence-corrected chi connectivity index (χ0v) is 18.9. The van der Waals surface area contributed by atoms with Gasteiger partial charge in [-0.3, -0.25) is 9.59 Å². The molecule has 4 nitrogen and oxygen atoms in total. The molecule has 0 amide bonds. The van der Waals surface area contributed by atoms with E-state index >= 15 is 0 Å². The van der Waals surface area contributed by atoms with Crippen LogP contribution in [0.5, 0.6) is 0 Å². The highest BCUT2D eigenvalue weighted by Gasteiger charge is 2.72. The summed E-state index contributed by atoms with van der Waals surface area (Å²) in [7, 11) is 0. The van der Waals surface area contributed by atoms with Gasteiger partial charge in [0.15, 0.2) is 0 Å². The van der Waals surface area contributed by atoms with Crippen LogP contribution in [0.4, 0.5) is 0 Å². The molecule has 0 saturated heterocycles. The van der Waals surface area contributed by atoms with E-state index < -0.39 is 10.8 Å². The lowest BCUT2D eigenvalue weighted by molar-refractivity contribution is -0.183. The maximum Gasteiger partial charge on any atom is 0.313 e. The zero-order chi connectivity index (χ0) is 21.0. The fourth-order valence-corrected chi connectivity index (χ4v) is 4.77. The molecule has 2 bridgehead atoms. The van der Waals surface area contributed by atoms with Gasteiger partial charge >= 0.3 is 11.9 Å². The zero-order valence-electron chi connectivity index (χ0n) is 18.9. The van der Waals surface area contributed by atoms with Crippen molar-refractivity contribution in [3.05, 3.63) is 11.1 Å². The van der Waals surface area contributed by atoms with Crippen molar-refractivity contribution in [2.75, 3.05) is 13.2 Å². The number of carbonyl (C=O) groups is 2. The summed E-state index contributed by atoms with van der Waals surface area (Å²) in [5, 5.41) is 0. The summed E-state index contributed by atoms with van der Waals surface area (Å²) in [4.78, 5) is 26.6. The minimum Gasteiger partial charge on any atom is -0.465 e. The molecule has 27 heavy (non-hydrogen) atoms. The van der Waals surface area contributed by atoms with E-state index in [9.17, 15) is 9.59 Å². The van der Waals surface area contributed by atoms with Crippen LogP contribution in [0.3, 0.4) is 0 Å². The Labute approximate surface area is 165 Å². The van der Waals surface area contributed by atoms with Crippen LogP contribution in [-0.4, -0.2) is 25.2 Å². The fourth-order valence-electron chi connectivity index (χ4n) is 4.77. The smallest absolute Gasteiger partial charge is 0.313 e. The summed E-state index contributed by atoms with van der Waals surface area (Å²) in [5.74, 6) is -0.483. The molecule has 4 unspecified atom stereocenters. The van der Waals surface area contributed by atoms with Crippen LogP contribution >= 0.6 is 0 Å². The van der Waals surface area contributed by atoms with E-state index in [-0.39, 0.29) is 34.6 Å². The molecule has 0 aromatic carbocycles. The van der Waals surface area contributed by atoms with E-state index in [0.717, 1.165) is 6.42 Å². The minimum atomic E-state index is -0.901. The monoisotopic (exact) mass is 378 g/mol. The van der Waals surface area contributed by atoms with Gasteiger partial charge in [-0.2, -0.15) is 0 Å². The van der Waals surface area contributed by atoms with E-state index in [1.54, 1.807) is 0 Å². The first-order chi connectivity index (χ1) is 12.1. The van der Waals surface area contributed by atoms with E-state index in [2.05, 4.69) is 13.8 Å². The Kier molecular flexibility index (Phi) is 5.40. The molecule has 154 valence electrons. The molecule has 0 radical (unpaired) electrons. The van der Waals surface area contributed by atoms with Crippen molar-refractivity contribution >= 4 is 11.9 Å². The highest BCUT2D eigenvalue weighted by atomic mass is 16.5. The summed E-state index contributed by atoms with van der Waals surface area (Å²) < 4.78 is 11.5. The number of allylic oxidation sites excluding steroid dienone is 2. The van der Waals surface area contributed by atoms with Crippen LogP contribution in [0.15, 0.2) is 11.1 Å². The largest absolute Gasteiger partial charge is 0.465 e. The third kappa shape index (κ3) is 3.56. The van der Waals surface area contributed by atoms with Gasteiger partial charge in [0.2, 0.25) is 0 Å². The SMILES string of the molecule is CC1=C(C)C2CC1C(C)(C(=O)OCC(C)(C)C)C2(C)C(=O)OCC(C)(C)C. The quantitative estimate of drug-likeness (QED) is 0.500. The van der Waals surface area contributed by atoms with Crippen molar-refractivity contribution in [3.63, 3.8) is 0 Å². The normalized spacial score (nSPS) is 33.4. The molecule has 2 rings (SSSR count). The number of fused-ring (bicyclic) bond motifs is 2. The van der Waals surface area contributed by atoms with Gasteiger partial charge in [-0.15, -0.1) is 0 Å². The molecular formula is C23H38O4. The van der Waals surface area contributed by atoms with Crippen LogP contribution in [0.2, 0.25) is 0 Å². The predicted molar refractivity (Wildman–Crippen MR) is 107 cm³/mol. The molecule has 0 heterocycles. The second kappa shape index (κ2) is 6.63. The van der Waals surface area contributed by atoms with Crippen LogP contribution in [-0.2, 0) is 19.1 Å². The van der Waals surface area contributed by atoms with Crippen molar-refractivity contribution in [1.29, 1.82) is 0 Å². The Morgan fingerprint density at radius 3 is 1.37 bits per heavy atom.